The number of nitrogens with zero attached hydrogens (tertiary/aromatic N) is 1. The van der Waals surface area contributed by atoms with E-state index in [-0.39, 0.29) is 12.5 Å². The van der Waals surface area contributed by atoms with Crippen LogP contribution in [-0.4, -0.2) is 22.5 Å². The predicted octanol–water partition coefficient (Wildman–Crippen LogP) is 3.84. The zero-order valence-corrected chi connectivity index (χ0v) is 15.1. The van der Waals surface area contributed by atoms with Crippen LogP contribution in [-0.2, 0) is 4.79 Å². The van der Waals surface area contributed by atoms with Gasteiger partial charge in [0.1, 0.15) is 11.3 Å². The van der Waals surface area contributed by atoms with Crippen LogP contribution < -0.4 is 15.7 Å². The number of rotatable bonds is 4. The van der Waals surface area contributed by atoms with Crippen LogP contribution in [0, 0.1) is 0 Å². The maximum Gasteiger partial charge on any atom is 0.344 e. The molecule has 3 aromatic carbocycles. The first-order valence-electron chi connectivity index (χ1n) is 9.00. The minimum Gasteiger partial charge on any atom is -0.484 e. The largest absolute Gasteiger partial charge is 0.484 e. The Bertz CT molecular complexity index is 1400. The van der Waals surface area contributed by atoms with Crippen molar-refractivity contribution < 1.29 is 13.9 Å². The summed E-state index contributed by atoms with van der Waals surface area (Å²) in [4.78, 5) is 31.7. The number of para-hydroxylation sites is 2. The van der Waals surface area contributed by atoms with E-state index in [9.17, 15) is 9.59 Å². The van der Waals surface area contributed by atoms with Gasteiger partial charge in [0.2, 0.25) is 5.95 Å². The van der Waals surface area contributed by atoms with Crippen LogP contribution in [0.1, 0.15) is 0 Å². The highest BCUT2D eigenvalue weighted by Crippen LogP contribution is 2.26. The molecule has 2 aromatic heterocycles. The van der Waals surface area contributed by atoms with Gasteiger partial charge in [0.25, 0.3) is 5.91 Å². The van der Waals surface area contributed by atoms with Crippen molar-refractivity contribution in [1.82, 2.24) is 9.97 Å². The van der Waals surface area contributed by atoms with Gasteiger partial charge < -0.3 is 14.1 Å². The average molecular weight is 385 g/mol. The van der Waals surface area contributed by atoms with Crippen molar-refractivity contribution in [3.8, 4) is 5.75 Å². The number of hydrogen-bond acceptors (Lipinski definition) is 5. The molecule has 1 amide bonds. The third-order valence-corrected chi connectivity index (χ3v) is 4.61. The number of aromatic amines is 1. The van der Waals surface area contributed by atoms with E-state index >= 15 is 0 Å². The normalized spacial score (nSPS) is 11.2. The lowest BCUT2D eigenvalue weighted by molar-refractivity contribution is -0.118. The van der Waals surface area contributed by atoms with E-state index in [1.807, 2.05) is 42.5 Å². The Balaban J connectivity index is 1.34. The fraction of sp³-hybridized carbons (Fsp3) is 0.0455. The number of nitrogens with one attached hydrogen (secondary N) is 2. The molecule has 5 aromatic rings. The lowest BCUT2D eigenvalue weighted by atomic mass is 10.1. The van der Waals surface area contributed by atoms with Crippen LogP contribution in [0.2, 0.25) is 0 Å². The third-order valence-electron chi connectivity index (χ3n) is 4.61. The Kier molecular flexibility index (Phi) is 3.98. The number of ether oxygens (including phenoxy) is 1. The van der Waals surface area contributed by atoms with Crippen LogP contribution in [0.15, 0.2) is 75.9 Å². The Hall–Kier alpha value is -4.13. The molecule has 0 atom stereocenters. The number of carbonyl (C=O) groups is 1. The number of benzene rings is 3. The minimum atomic E-state index is -0.409. The highest BCUT2D eigenvalue weighted by Gasteiger charge is 2.10. The lowest BCUT2D eigenvalue weighted by Crippen LogP contribution is -2.20. The second-order valence-corrected chi connectivity index (χ2v) is 6.53. The molecule has 29 heavy (non-hydrogen) atoms. The van der Waals surface area contributed by atoms with Gasteiger partial charge in [-0.05, 0) is 35.7 Å². The highest BCUT2D eigenvalue weighted by molar-refractivity contribution is 6.04. The second-order valence-electron chi connectivity index (χ2n) is 6.53. The van der Waals surface area contributed by atoms with Gasteiger partial charge >= 0.3 is 5.63 Å². The summed E-state index contributed by atoms with van der Waals surface area (Å²) in [5.41, 5.74) is 1.60. The molecule has 0 aliphatic heterocycles. The number of imidazole rings is 1. The van der Waals surface area contributed by atoms with Crippen molar-refractivity contribution >= 4 is 44.6 Å². The quantitative estimate of drug-likeness (QED) is 0.362. The molecular formula is C22H15N3O4. The summed E-state index contributed by atoms with van der Waals surface area (Å²) in [5.74, 6) is 0.426. The van der Waals surface area contributed by atoms with Crippen molar-refractivity contribution in [2.45, 2.75) is 0 Å². The van der Waals surface area contributed by atoms with Gasteiger partial charge in [0.05, 0.1) is 16.4 Å². The third kappa shape index (κ3) is 3.19. The summed E-state index contributed by atoms with van der Waals surface area (Å²) in [7, 11) is 0. The van der Waals surface area contributed by atoms with Gasteiger partial charge in [0, 0.05) is 11.5 Å². The molecule has 5 rings (SSSR count). The number of anilines is 1. The summed E-state index contributed by atoms with van der Waals surface area (Å²) >= 11 is 0. The Morgan fingerprint density at radius 1 is 1.00 bits per heavy atom. The predicted molar refractivity (Wildman–Crippen MR) is 110 cm³/mol. The zero-order valence-electron chi connectivity index (χ0n) is 15.1. The summed E-state index contributed by atoms with van der Waals surface area (Å²) in [5, 5.41) is 4.81. The van der Waals surface area contributed by atoms with E-state index in [1.54, 1.807) is 24.3 Å². The number of hydrogen-bond donors (Lipinski definition) is 2. The van der Waals surface area contributed by atoms with Gasteiger partial charge in [-0.2, -0.15) is 0 Å². The molecule has 0 radical (unpaired) electrons. The number of H-pyrrole nitrogens is 1. The summed E-state index contributed by atoms with van der Waals surface area (Å²) < 4.78 is 11.0. The van der Waals surface area contributed by atoms with E-state index in [0.29, 0.717) is 22.7 Å². The molecule has 142 valence electrons. The van der Waals surface area contributed by atoms with Crippen LogP contribution in [0.3, 0.4) is 0 Å². The van der Waals surface area contributed by atoms with Crippen molar-refractivity contribution in [3.05, 3.63) is 77.2 Å². The molecule has 0 saturated carbocycles. The van der Waals surface area contributed by atoms with Gasteiger partial charge in [0.15, 0.2) is 6.61 Å². The lowest BCUT2D eigenvalue weighted by Gasteiger charge is -2.07. The molecule has 0 spiro atoms. The van der Waals surface area contributed by atoms with E-state index in [2.05, 4.69) is 15.3 Å². The molecule has 0 fully saturated rings. The number of carbonyl (C=O) groups excluding carboxylic acids is 1. The molecule has 2 heterocycles. The molecule has 2 N–H and O–H groups in total. The van der Waals surface area contributed by atoms with Crippen LogP contribution in [0.4, 0.5) is 5.95 Å². The van der Waals surface area contributed by atoms with Gasteiger partial charge in [-0.25, -0.2) is 9.78 Å². The summed E-state index contributed by atoms with van der Waals surface area (Å²) in [6.07, 6.45) is 0. The van der Waals surface area contributed by atoms with Crippen molar-refractivity contribution in [1.29, 1.82) is 0 Å². The molecule has 0 aliphatic carbocycles. The summed E-state index contributed by atoms with van der Waals surface area (Å²) in [6, 6.07) is 19.9. The van der Waals surface area contributed by atoms with Crippen molar-refractivity contribution in [2.24, 2.45) is 0 Å². The Labute approximate surface area is 163 Å². The fourth-order valence-electron chi connectivity index (χ4n) is 3.28. The van der Waals surface area contributed by atoms with Crippen molar-refractivity contribution in [3.63, 3.8) is 0 Å². The smallest absolute Gasteiger partial charge is 0.344 e. The molecule has 7 heteroatoms. The Morgan fingerprint density at radius 3 is 2.66 bits per heavy atom. The van der Waals surface area contributed by atoms with Gasteiger partial charge in [-0.1, -0.05) is 30.3 Å². The SMILES string of the molecule is O=C(COc1ccc2c(c1)oc(=O)c1ccccc12)Nc1nc2ccccc2[nH]1. The highest BCUT2D eigenvalue weighted by atomic mass is 16.5. The first-order valence-corrected chi connectivity index (χ1v) is 9.00. The maximum atomic E-state index is 12.2. The van der Waals surface area contributed by atoms with Crippen LogP contribution >= 0.6 is 0 Å². The topological polar surface area (TPSA) is 97.2 Å². The van der Waals surface area contributed by atoms with E-state index in [4.69, 9.17) is 9.15 Å². The first kappa shape index (κ1) is 17.0. The van der Waals surface area contributed by atoms with Crippen molar-refractivity contribution in [2.75, 3.05) is 11.9 Å². The number of fused-ring (bicyclic) bond motifs is 4. The minimum absolute atomic E-state index is 0.208. The number of amides is 1. The average Bonchev–Trinajstić information content (AvgIpc) is 3.14. The molecule has 0 bridgehead atoms. The molecule has 0 aliphatic rings. The molecule has 0 saturated heterocycles. The molecular weight excluding hydrogens is 370 g/mol. The number of aromatic nitrogens is 2. The first-order chi connectivity index (χ1) is 14.2. The van der Waals surface area contributed by atoms with Gasteiger partial charge in [-0.15, -0.1) is 0 Å². The molecule has 0 unspecified atom stereocenters. The van der Waals surface area contributed by atoms with Crippen LogP contribution in [0.5, 0.6) is 5.75 Å². The molecule has 7 nitrogen and oxygen atoms in total. The van der Waals surface area contributed by atoms with E-state index < -0.39 is 5.63 Å². The van der Waals surface area contributed by atoms with E-state index in [0.717, 1.165) is 21.8 Å². The monoisotopic (exact) mass is 385 g/mol. The standard InChI is InChI=1S/C22H15N3O4/c26-20(25-22-23-17-7-3-4-8-18(17)24-22)12-28-13-9-10-15-14-5-1-2-6-16(14)21(27)29-19(15)11-13/h1-11H,12H2,(H2,23,24,25,26). The fourth-order valence-corrected chi connectivity index (χ4v) is 3.28. The maximum absolute atomic E-state index is 12.2. The zero-order chi connectivity index (χ0) is 19.8. The second kappa shape index (κ2) is 6.79. The van der Waals surface area contributed by atoms with Crippen LogP contribution in [0.25, 0.3) is 32.8 Å². The van der Waals surface area contributed by atoms with E-state index in [1.165, 1.54) is 0 Å². The Morgan fingerprint density at radius 2 is 1.79 bits per heavy atom. The van der Waals surface area contributed by atoms with Gasteiger partial charge in [-0.3, -0.25) is 10.1 Å². The summed E-state index contributed by atoms with van der Waals surface area (Å²) in [6.45, 7) is -0.208.